The number of amides is 1. The smallest absolute Gasteiger partial charge is 0.255 e. The average Bonchev–Trinajstić information content (AvgIpc) is 2.64. The van der Waals surface area contributed by atoms with Crippen LogP contribution in [0.25, 0.3) is 11.0 Å². The molecule has 0 radical (unpaired) electrons. The van der Waals surface area contributed by atoms with E-state index in [9.17, 15) is 4.79 Å². The predicted molar refractivity (Wildman–Crippen MR) is 71.8 cm³/mol. The van der Waals surface area contributed by atoms with E-state index in [1.807, 2.05) is 50.2 Å². The van der Waals surface area contributed by atoms with E-state index in [-0.39, 0.29) is 5.91 Å². The predicted octanol–water partition coefficient (Wildman–Crippen LogP) is 2.03. The molecule has 1 N–H and O–H groups in total. The highest BCUT2D eigenvalue weighted by atomic mass is 16.3. The Hall–Kier alpha value is -1.81. The number of furan rings is 1. The molecule has 2 rings (SSSR count). The highest BCUT2D eigenvalue weighted by Crippen LogP contribution is 2.24. The summed E-state index contributed by atoms with van der Waals surface area (Å²) in [6.07, 6.45) is 0. The van der Waals surface area contributed by atoms with Gasteiger partial charge < -0.3 is 14.6 Å². The van der Waals surface area contributed by atoms with E-state index in [1.54, 1.807) is 0 Å². The van der Waals surface area contributed by atoms with E-state index in [1.165, 1.54) is 0 Å². The minimum Gasteiger partial charge on any atom is -0.461 e. The summed E-state index contributed by atoms with van der Waals surface area (Å²) in [5.41, 5.74) is 1.40. The lowest BCUT2D eigenvalue weighted by atomic mass is 10.1. The van der Waals surface area contributed by atoms with Crippen molar-refractivity contribution in [2.45, 2.75) is 6.92 Å². The minimum atomic E-state index is -0.0701. The zero-order valence-electron chi connectivity index (χ0n) is 11.0. The van der Waals surface area contributed by atoms with E-state index >= 15 is 0 Å². The normalized spacial score (nSPS) is 11.1. The fraction of sp³-hybridized carbons (Fsp3) is 0.357. The van der Waals surface area contributed by atoms with Crippen LogP contribution in [0.5, 0.6) is 0 Å². The number of hydrogen-bond donors (Lipinski definition) is 1. The fourth-order valence-electron chi connectivity index (χ4n) is 1.93. The number of benzene rings is 1. The largest absolute Gasteiger partial charge is 0.461 e. The highest BCUT2D eigenvalue weighted by molar-refractivity contribution is 6.07. The van der Waals surface area contributed by atoms with Gasteiger partial charge in [-0.1, -0.05) is 18.2 Å². The van der Waals surface area contributed by atoms with E-state index in [0.29, 0.717) is 17.9 Å². The molecule has 0 fully saturated rings. The van der Waals surface area contributed by atoms with Gasteiger partial charge in [-0.25, -0.2) is 0 Å². The van der Waals surface area contributed by atoms with Crippen molar-refractivity contribution in [3.05, 3.63) is 35.6 Å². The topological polar surface area (TPSA) is 45.5 Å². The van der Waals surface area contributed by atoms with E-state index in [2.05, 4.69) is 5.32 Å². The van der Waals surface area contributed by atoms with Gasteiger partial charge in [-0.05, 0) is 27.1 Å². The quantitative estimate of drug-likeness (QED) is 0.897. The summed E-state index contributed by atoms with van der Waals surface area (Å²) in [7, 11) is 3.95. The van der Waals surface area contributed by atoms with Crippen LogP contribution in [0, 0.1) is 6.92 Å². The summed E-state index contributed by atoms with van der Waals surface area (Å²) in [6.45, 7) is 3.27. The third kappa shape index (κ3) is 2.54. The number of nitrogens with zero attached hydrogens (tertiary/aromatic N) is 1. The molecule has 1 amide bonds. The van der Waals surface area contributed by atoms with Crippen molar-refractivity contribution < 1.29 is 9.21 Å². The van der Waals surface area contributed by atoms with Crippen LogP contribution in [-0.2, 0) is 0 Å². The molecule has 1 heterocycles. The van der Waals surface area contributed by atoms with E-state index in [0.717, 1.165) is 17.5 Å². The van der Waals surface area contributed by atoms with Gasteiger partial charge >= 0.3 is 0 Å². The second-order valence-electron chi connectivity index (χ2n) is 4.59. The number of rotatable bonds is 4. The maximum atomic E-state index is 12.1. The summed E-state index contributed by atoms with van der Waals surface area (Å²) < 4.78 is 5.58. The van der Waals surface area contributed by atoms with Crippen molar-refractivity contribution in [3.8, 4) is 0 Å². The molecule has 0 aliphatic rings. The summed E-state index contributed by atoms with van der Waals surface area (Å²) >= 11 is 0. The van der Waals surface area contributed by atoms with Crippen LogP contribution in [0.4, 0.5) is 0 Å². The molecule has 0 saturated carbocycles. The van der Waals surface area contributed by atoms with Crippen LogP contribution < -0.4 is 5.32 Å². The van der Waals surface area contributed by atoms with Crippen molar-refractivity contribution in [1.29, 1.82) is 0 Å². The van der Waals surface area contributed by atoms with Gasteiger partial charge in [0.25, 0.3) is 5.91 Å². The second-order valence-corrected chi connectivity index (χ2v) is 4.59. The molecule has 0 saturated heterocycles. The zero-order valence-corrected chi connectivity index (χ0v) is 11.0. The number of hydrogen-bond acceptors (Lipinski definition) is 3. The molecule has 4 nitrogen and oxygen atoms in total. The first-order valence-corrected chi connectivity index (χ1v) is 6.00. The van der Waals surface area contributed by atoms with Gasteiger partial charge in [0.1, 0.15) is 11.3 Å². The first kappa shape index (κ1) is 12.6. The molecule has 4 heteroatoms. The number of carbonyl (C=O) groups is 1. The van der Waals surface area contributed by atoms with Gasteiger partial charge in [-0.2, -0.15) is 0 Å². The number of nitrogens with one attached hydrogen (secondary N) is 1. The fourth-order valence-corrected chi connectivity index (χ4v) is 1.93. The van der Waals surface area contributed by atoms with Crippen molar-refractivity contribution in [3.63, 3.8) is 0 Å². The van der Waals surface area contributed by atoms with Crippen molar-refractivity contribution in [2.75, 3.05) is 27.2 Å². The second kappa shape index (κ2) is 5.23. The number of fused-ring (bicyclic) bond motifs is 1. The Kier molecular flexibility index (Phi) is 3.67. The lowest BCUT2D eigenvalue weighted by Crippen LogP contribution is -2.31. The first-order valence-electron chi connectivity index (χ1n) is 6.00. The number of para-hydroxylation sites is 1. The van der Waals surface area contributed by atoms with Crippen LogP contribution in [0.1, 0.15) is 16.1 Å². The molecule has 0 atom stereocenters. The molecule has 2 aromatic rings. The SMILES string of the molecule is Cc1oc2ccccc2c1C(=O)NCCN(C)C. The molecule has 0 spiro atoms. The van der Waals surface area contributed by atoms with E-state index in [4.69, 9.17) is 4.42 Å². The zero-order chi connectivity index (χ0) is 13.1. The van der Waals surface area contributed by atoms with Crippen LogP contribution in [0.3, 0.4) is 0 Å². The molecule has 96 valence electrons. The monoisotopic (exact) mass is 246 g/mol. The van der Waals surface area contributed by atoms with Crippen LogP contribution >= 0.6 is 0 Å². The number of aryl methyl sites for hydroxylation is 1. The summed E-state index contributed by atoms with van der Waals surface area (Å²) in [5.74, 6) is 0.595. The minimum absolute atomic E-state index is 0.0701. The Bertz CT molecular complexity index is 558. The van der Waals surface area contributed by atoms with Gasteiger partial charge in [0.2, 0.25) is 0 Å². The number of likely N-dealkylation sites (N-methyl/N-ethyl adjacent to an activating group) is 1. The molecule has 1 aromatic heterocycles. The first-order chi connectivity index (χ1) is 8.59. The molecule has 0 aliphatic carbocycles. The Labute approximate surface area is 107 Å². The van der Waals surface area contributed by atoms with Crippen LogP contribution in [0.2, 0.25) is 0 Å². The van der Waals surface area contributed by atoms with Crippen LogP contribution in [-0.4, -0.2) is 38.0 Å². The molecule has 18 heavy (non-hydrogen) atoms. The summed E-state index contributed by atoms with van der Waals surface area (Å²) in [6, 6.07) is 7.60. The van der Waals surface area contributed by atoms with Crippen LogP contribution in [0.15, 0.2) is 28.7 Å². The average molecular weight is 246 g/mol. The molecular formula is C14H18N2O2. The van der Waals surface area contributed by atoms with Gasteiger partial charge in [0.15, 0.2) is 0 Å². The molecular weight excluding hydrogens is 228 g/mol. The van der Waals surface area contributed by atoms with Gasteiger partial charge in [-0.3, -0.25) is 4.79 Å². The highest BCUT2D eigenvalue weighted by Gasteiger charge is 2.17. The summed E-state index contributed by atoms with van der Waals surface area (Å²) in [5, 5.41) is 3.78. The van der Waals surface area contributed by atoms with Gasteiger partial charge in [0.05, 0.1) is 5.56 Å². The maximum Gasteiger partial charge on any atom is 0.255 e. The molecule has 0 aliphatic heterocycles. The third-order valence-corrected chi connectivity index (χ3v) is 2.84. The number of carbonyl (C=O) groups excluding carboxylic acids is 1. The van der Waals surface area contributed by atoms with E-state index < -0.39 is 0 Å². The Morgan fingerprint density at radius 1 is 1.33 bits per heavy atom. The Morgan fingerprint density at radius 3 is 2.78 bits per heavy atom. The lowest BCUT2D eigenvalue weighted by Gasteiger charge is -2.10. The third-order valence-electron chi connectivity index (χ3n) is 2.84. The van der Waals surface area contributed by atoms with Crippen molar-refractivity contribution >= 4 is 16.9 Å². The molecule has 0 unspecified atom stereocenters. The van der Waals surface area contributed by atoms with Gasteiger partial charge in [0, 0.05) is 18.5 Å². The lowest BCUT2D eigenvalue weighted by molar-refractivity contribution is 0.0951. The molecule has 0 bridgehead atoms. The Morgan fingerprint density at radius 2 is 2.06 bits per heavy atom. The standard InChI is InChI=1S/C14H18N2O2/c1-10-13(14(17)15-8-9-16(2)3)11-6-4-5-7-12(11)18-10/h4-7H,8-9H2,1-3H3,(H,15,17). The molecule has 1 aromatic carbocycles. The maximum absolute atomic E-state index is 12.1. The van der Waals surface area contributed by atoms with Gasteiger partial charge in [-0.15, -0.1) is 0 Å². The summed E-state index contributed by atoms with van der Waals surface area (Å²) in [4.78, 5) is 14.2. The van der Waals surface area contributed by atoms with Crippen molar-refractivity contribution in [1.82, 2.24) is 10.2 Å². The van der Waals surface area contributed by atoms with Crippen molar-refractivity contribution in [2.24, 2.45) is 0 Å². The Balaban J connectivity index is 2.19.